The molecule has 1 aromatic rings. The largest absolute Gasteiger partial charge is 0.397 e. The number of anilines is 2. The van der Waals surface area contributed by atoms with Gasteiger partial charge in [-0.05, 0) is 53.0 Å². The second kappa shape index (κ2) is 4.82. The Bertz CT molecular complexity index is 350. The maximum absolute atomic E-state index is 6.04. The van der Waals surface area contributed by atoms with Crippen LogP contribution in [0, 0.1) is 3.57 Å². The van der Waals surface area contributed by atoms with E-state index >= 15 is 0 Å². The molecule has 0 saturated carbocycles. The van der Waals surface area contributed by atoms with Gasteiger partial charge in [0.1, 0.15) is 0 Å². The van der Waals surface area contributed by atoms with Gasteiger partial charge < -0.3 is 10.6 Å². The summed E-state index contributed by atoms with van der Waals surface area (Å²) < 4.78 is 1.20. The fourth-order valence-electron chi connectivity index (χ4n) is 1.87. The molecule has 0 aromatic heterocycles. The number of benzene rings is 1. The summed E-state index contributed by atoms with van der Waals surface area (Å²) >= 11 is 4.32. The van der Waals surface area contributed by atoms with E-state index in [-0.39, 0.29) is 0 Å². The first kappa shape index (κ1) is 11.4. The van der Waals surface area contributed by atoms with Gasteiger partial charge in [0.25, 0.3) is 0 Å². The molecule has 1 atom stereocenters. The van der Waals surface area contributed by atoms with E-state index in [2.05, 4.69) is 46.7 Å². The van der Waals surface area contributed by atoms with E-state index in [0.29, 0.717) is 6.04 Å². The van der Waals surface area contributed by atoms with E-state index in [0.717, 1.165) is 5.69 Å². The third kappa shape index (κ3) is 2.53. The van der Waals surface area contributed by atoms with Crippen molar-refractivity contribution in [3.05, 3.63) is 21.8 Å². The number of thioether (sulfide) groups is 1. The predicted octanol–water partition coefficient (Wildman–Crippen LogP) is 2.82. The molecule has 2 rings (SSSR count). The van der Waals surface area contributed by atoms with Crippen LogP contribution in [0.5, 0.6) is 0 Å². The zero-order chi connectivity index (χ0) is 10.8. The summed E-state index contributed by atoms with van der Waals surface area (Å²) in [5, 5.41) is 0. The number of hydrogen-bond donors (Lipinski definition) is 1. The molecule has 82 valence electrons. The molecule has 0 bridgehead atoms. The monoisotopic (exact) mass is 334 g/mol. The SMILES string of the molecule is CN(c1ccc(I)cc1N)C1CCSC1. The molecule has 2 N–H and O–H groups in total. The van der Waals surface area contributed by atoms with E-state index < -0.39 is 0 Å². The molecule has 1 saturated heterocycles. The molecule has 2 nitrogen and oxygen atoms in total. The summed E-state index contributed by atoms with van der Waals surface area (Å²) in [6.07, 6.45) is 1.27. The standard InChI is InChI=1S/C11H15IN2S/c1-14(9-4-5-15-7-9)11-3-2-8(12)6-10(11)13/h2-3,6,9H,4-5,7,13H2,1H3. The van der Waals surface area contributed by atoms with Crippen molar-refractivity contribution in [3.63, 3.8) is 0 Å². The van der Waals surface area contributed by atoms with Gasteiger partial charge in [0.2, 0.25) is 0 Å². The summed E-state index contributed by atoms with van der Waals surface area (Å²) in [4.78, 5) is 2.32. The van der Waals surface area contributed by atoms with Crippen LogP contribution in [0.3, 0.4) is 0 Å². The quantitative estimate of drug-likeness (QED) is 0.666. The molecule has 1 aliphatic heterocycles. The number of nitrogens with two attached hydrogens (primary N) is 1. The van der Waals surface area contributed by atoms with E-state index in [1.807, 2.05) is 17.8 Å². The third-order valence-corrected chi connectivity index (χ3v) is 4.64. The molecular formula is C11H15IN2S. The van der Waals surface area contributed by atoms with Crippen LogP contribution in [0.2, 0.25) is 0 Å². The lowest BCUT2D eigenvalue weighted by Gasteiger charge is -2.27. The maximum Gasteiger partial charge on any atom is 0.0600 e. The van der Waals surface area contributed by atoms with Gasteiger partial charge in [-0.25, -0.2) is 0 Å². The van der Waals surface area contributed by atoms with Crippen molar-refractivity contribution in [2.75, 3.05) is 29.2 Å². The molecule has 4 heteroatoms. The van der Waals surface area contributed by atoms with E-state index in [9.17, 15) is 0 Å². The molecule has 1 aromatic carbocycles. The lowest BCUT2D eigenvalue weighted by molar-refractivity contribution is 0.701. The molecule has 1 heterocycles. The Morgan fingerprint density at radius 3 is 2.93 bits per heavy atom. The Morgan fingerprint density at radius 2 is 2.33 bits per heavy atom. The number of rotatable bonds is 2. The normalized spacial score (nSPS) is 20.5. The number of halogens is 1. The van der Waals surface area contributed by atoms with Crippen LogP contribution in [0.15, 0.2) is 18.2 Å². The molecule has 1 unspecified atom stereocenters. The number of hydrogen-bond acceptors (Lipinski definition) is 3. The maximum atomic E-state index is 6.04. The third-order valence-electron chi connectivity index (χ3n) is 2.82. The molecule has 0 spiro atoms. The van der Waals surface area contributed by atoms with Gasteiger partial charge >= 0.3 is 0 Å². The zero-order valence-corrected chi connectivity index (χ0v) is 11.7. The fourth-order valence-corrected chi connectivity index (χ4v) is 3.65. The van der Waals surface area contributed by atoms with Crippen LogP contribution in [-0.2, 0) is 0 Å². The van der Waals surface area contributed by atoms with Gasteiger partial charge in [-0.3, -0.25) is 0 Å². The molecule has 15 heavy (non-hydrogen) atoms. The topological polar surface area (TPSA) is 29.3 Å². The predicted molar refractivity (Wildman–Crippen MR) is 77.7 cm³/mol. The molecule has 0 aliphatic carbocycles. The highest BCUT2D eigenvalue weighted by Crippen LogP contribution is 2.30. The van der Waals surface area contributed by atoms with Gasteiger partial charge in [0.15, 0.2) is 0 Å². The molecule has 0 radical (unpaired) electrons. The Kier molecular flexibility index (Phi) is 3.66. The summed E-state index contributed by atoms with van der Waals surface area (Å²) in [7, 11) is 2.15. The highest BCUT2D eigenvalue weighted by molar-refractivity contribution is 14.1. The van der Waals surface area contributed by atoms with Gasteiger partial charge in [0, 0.05) is 22.4 Å². The van der Waals surface area contributed by atoms with E-state index in [1.54, 1.807) is 0 Å². The minimum absolute atomic E-state index is 0.650. The highest BCUT2D eigenvalue weighted by Gasteiger charge is 2.21. The van der Waals surface area contributed by atoms with Crippen molar-refractivity contribution in [3.8, 4) is 0 Å². The Labute approximate surface area is 109 Å². The Hall–Kier alpha value is -0.100. The zero-order valence-electron chi connectivity index (χ0n) is 8.74. The fraction of sp³-hybridized carbons (Fsp3) is 0.455. The second-order valence-electron chi connectivity index (χ2n) is 3.83. The summed E-state index contributed by atoms with van der Waals surface area (Å²) in [6.45, 7) is 0. The van der Waals surface area contributed by atoms with E-state index in [1.165, 1.54) is 27.2 Å². The van der Waals surface area contributed by atoms with Crippen molar-refractivity contribution >= 4 is 45.7 Å². The Morgan fingerprint density at radius 1 is 1.53 bits per heavy atom. The smallest absolute Gasteiger partial charge is 0.0600 e. The van der Waals surface area contributed by atoms with Crippen molar-refractivity contribution in [1.82, 2.24) is 0 Å². The first-order chi connectivity index (χ1) is 7.18. The average Bonchev–Trinajstić information content (AvgIpc) is 2.69. The first-order valence-corrected chi connectivity index (χ1v) is 7.27. The van der Waals surface area contributed by atoms with E-state index in [4.69, 9.17) is 5.73 Å². The van der Waals surface area contributed by atoms with Gasteiger partial charge in [0.05, 0.1) is 11.4 Å². The van der Waals surface area contributed by atoms with Crippen LogP contribution in [-0.4, -0.2) is 24.6 Å². The first-order valence-electron chi connectivity index (χ1n) is 5.04. The molecular weight excluding hydrogens is 319 g/mol. The van der Waals surface area contributed by atoms with Gasteiger partial charge in [-0.15, -0.1) is 0 Å². The minimum Gasteiger partial charge on any atom is -0.397 e. The highest BCUT2D eigenvalue weighted by atomic mass is 127. The lowest BCUT2D eigenvalue weighted by Crippen LogP contribution is -2.31. The summed E-state index contributed by atoms with van der Waals surface area (Å²) in [5.41, 5.74) is 8.10. The van der Waals surface area contributed by atoms with Crippen LogP contribution >= 0.6 is 34.4 Å². The summed E-state index contributed by atoms with van der Waals surface area (Å²) in [5.74, 6) is 2.50. The molecule has 0 amide bonds. The number of nitrogen functional groups attached to an aromatic ring is 1. The van der Waals surface area contributed by atoms with Crippen molar-refractivity contribution in [2.24, 2.45) is 0 Å². The van der Waals surface area contributed by atoms with Crippen molar-refractivity contribution in [1.29, 1.82) is 0 Å². The molecule has 1 aliphatic rings. The number of nitrogens with zero attached hydrogens (tertiary/aromatic N) is 1. The molecule has 1 fully saturated rings. The lowest BCUT2D eigenvalue weighted by atomic mass is 10.2. The van der Waals surface area contributed by atoms with Gasteiger partial charge in [-0.1, -0.05) is 0 Å². The average molecular weight is 334 g/mol. The van der Waals surface area contributed by atoms with Crippen LogP contribution < -0.4 is 10.6 Å². The summed E-state index contributed by atoms with van der Waals surface area (Å²) in [6, 6.07) is 6.93. The minimum atomic E-state index is 0.650. The van der Waals surface area contributed by atoms with Crippen LogP contribution in [0.4, 0.5) is 11.4 Å². The van der Waals surface area contributed by atoms with Crippen molar-refractivity contribution < 1.29 is 0 Å². The second-order valence-corrected chi connectivity index (χ2v) is 6.23. The van der Waals surface area contributed by atoms with Crippen LogP contribution in [0.25, 0.3) is 0 Å². The Balaban J connectivity index is 2.20. The van der Waals surface area contributed by atoms with Crippen LogP contribution in [0.1, 0.15) is 6.42 Å². The van der Waals surface area contributed by atoms with Gasteiger partial charge in [-0.2, -0.15) is 11.8 Å². The van der Waals surface area contributed by atoms with Crippen molar-refractivity contribution in [2.45, 2.75) is 12.5 Å².